The summed E-state index contributed by atoms with van der Waals surface area (Å²) in [6.07, 6.45) is 2.17. The van der Waals surface area contributed by atoms with Crippen LogP contribution in [-0.2, 0) is 11.2 Å². The number of fused-ring (bicyclic) bond motifs is 1. The van der Waals surface area contributed by atoms with Gasteiger partial charge in [0.05, 0.1) is 7.11 Å². The van der Waals surface area contributed by atoms with Gasteiger partial charge < -0.3 is 14.8 Å². The molecule has 1 atom stereocenters. The molecular formula is C14H17NO3. The molecule has 0 amide bonds. The molecule has 18 heavy (non-hydrogen) atoms. The Balaban J connectivity index is 1.90. The molecule has 1 N–H and O–H groups in total. The summed E-state index contributed by atoms with van der Waals surface area (Å²) in [6.45, 7) is 1.39. The Morgan fingerprint density at radius 1 is 1.39 bits per heavy atom. The average Bonchev–Trinajstić information content (AvgIpc) is 2.42. The molecule has 0 saturated carbocycles. The topological polar surface area (TPSA) is 47.6 Å². The summed E-state index contributed by atoms with van der Waals surface area (Å²) in [7, 11) is 1.65. The Hall–Kier alpha value is -1.55. The van der Waals surface area contributed by atoms with E-state index in [4.69, 9.17) is 9.47 Å². The lowest BCUT2D eigenvalue weighted by Gasteiger charge is -2.40. The fourth-order valence-corrected chi connectivity index (χ4v) is 2.72. The van der Waals surface area contributed by atoms with E-state index >= 15 is 0 Å². The van der Waals surface area contributed by atoms with Crippen LogP contribution in [0.15, 0.2) is 18.2 Å². The monoisotopic (exact) mass is 247 g/mol. The van der Waals surface area contributed by atoms with Gasteiger partial charge in [0.25, 0.3) is 0 Å². The van der Waals surface area contributed by atoms with E-state index in [0.717, 1.165) is 36.4 Å². The van der Waals surface area contributed by atoms with E-state index in [9.17, 15) is 4.79 Å². The van der Waals surface area contributed by atoms with Crippen LogP contribution in [0.5, 0.6) is 11.5 Å². The van der Waals surface area contributed by atoms with E-state index in [0.29, 0.717) is 13.0 Å². The predicted octanol–water partition coefficient (Wildman–Crippen LogP) is 1.32. The zero-order valence-electron chi connectivity index (χ0n) is 10.5. The first-order chi connectivity index (χ1) is 8.73. The summed E-state index contributed by atoms with van der Waals surface area (Å²) < 4.78 is 11.2. The second kappa shape index (κ2) is 4.28. The van der Waals surface area contributed by atoms with Crippen LogP contribution >= 0.6 is 0 Å². The van der Waals surface area contributed by atoms with Crippen molar-refractivity contribution in [3.63, 3.8) is 0 Å². The number of rotatable bonds is 1. The third-order valence-corrected chi connectivity index (χ3v) is 3.82. The van der Waals surface area contributed by atoms with Crippen LogP contribution in [0.1, 0.15) is 18.4 Å². The van der Waals surface area contributed by atoms with Gasteiger partial charge in [-0.25, -0.2) is 0 Å². The van der Waals surface area contributed by atoms with E-state index in [-0.39, 0.29) is 5.78 Å². The van der Waals surface area contributed by atoms with Crippen LogP contribution in [-0.4, -0.2) is 31.6 Å². The van der Waals surface area contributed by atoms with Crippen molar-refractivity contribution in [1.29, 1.82) is 0 Å². The molecule has 96 valence electrons. The van der Waals surface area contributed by atoms with Gasteiger partial charge in [-0.15, -0.1) is 0 Å². The number of ether oxygens (including phenoxy) is 2. The molecule has 0 aromatic heterocycles. The Bertz CT molecular complexity index is 486. The SMILES string of the molecule is COc1ccc2c(c1)CCC1(CNCCC1=O)O2. The van der Waals surface area contributed by atoms with Crippen molar-refractivity contribution in [2.75, 3.05) is 20.2 Å². The first-order valence-corrected chi connectivity index (χ1v) is 6.33. The third kappa shape index (κ3) is 1.77. The lowest BCUT2D eigenvalue weighted by Crippen LogP contribution is -2.58. The molecule has 2 heterocycles. The highest BCUT2D eigenvalue weighted by atomic mass is 16.5. The Morgan fingerprint density at radius 2 is 2.28 bits per heavy atom. The Labute approximate surface area is 106 Å². The molecule has 2 aliphatic heterocycles. The second-order valence-corrected chi connectivity index (χ2v) is 4.92. The molecule has 2 aliphatic rings. The normalized spacial score (nSPS) is 26.6. The van der Waals surface area contributed by atoms with Crippen LogP contribution in [0.3, 0.4) is 0 Å². The van der Waals surface area contributed by atoms with E-state index in [1.165, 1.54) is 0 Å². The van der Waals surface area contributed by atoms with Gasteiger partial charge >= 0.3 is 0 Å². The molecule has 0 bridgehead atoms. The lowest BCUT2D eigenvalue weighted by molar-refractivity contribution is -0.137. The number of piperidine rings is 1. The van der Waals surface area contributed by atoms with Crippen molar-refractivity contribution in [3.05, 3.63) is 23.8 Å². The van der Waals surface area contributed by atoms with Crippen molar-refractivity contribution < 1.29 is 14.3 Å². The van der Waals surface area contributed by atoms with Gasteiger partial charge in [-0.1, -0.05) is 0 Å². The van der Waals surface area contributed by atoms with E-state index in [2.05, 4.69) is 5.32 Å². The first kappa shape index (κ1) is 11.5. The quantitative estimate of drug-likeness (QED) is 0.813. The highest BCUT2D eigenvalue weighted by molar-refractivity contribution is 5.89. The lowest BCUT2D eigenvalue weighted by atomic mass is 9.84. The number of aryl methyl sites for hydroxylation is 1. The largest absolute Gasteiger partial charge is 0.497 e. The van der Waals surface area contributed by atoms with Crippen LogP contribution in [0.25, 0.3) is 0 Å². The summed E-state index contributed by atoms with van der Waals surface area (Å²) in [5, 5.41) is 3.26. The van der Waals surface area contributed by atoms with Gasteiger partial charge in [-0.05, 0) is 36.6 Å². The zero-order valence-corrected chi connectivity index (χ0v) is 10.5. The fourth-order valence-electron chi connectivity index (χ4n) is 2.72. The molecule has 1 saturated heterocycles. The summed E-state index contributed by atoms with van der Waals surface area (Å²) in [5.74, 6) is 1.88. The number of ketones is 1. The number of hydrogen-bond donors (Lipinski definition) is 1. The zero-order chi connectivity index (χ0) is 12.6. The minimum absolute atomic E-state index is 0.225. The number of hydrogen-bond acceptors (Lipinski definition) is 4. The van der Waals surface area contributed by atoms with Crippen molar-refractivity contribution >= 4 is 5.78 Å². The highest BCUT2D eigenvalue weighted by Crippen LogP contribution is 2.36. The Kier molecular flexibility index (Phi) is 2.74. The van der Waals surface area contributed by atoms with E-state index < -0.39 is 5.60 Å². The molecule has 1 unspecified atom stereocenters. The molecule has 1 fully saturated rings. The van der Waals surface area contributed by atoms with Crippen LogP contribution in [0, 0.1) is 0 Å². The maximum Gasteiger partial charge on any atom is 0.179 e. The predicted molar refractivity (Wildman–Crippen MR) is 67.2 cm³/mol. The number of Topliss-reactive ketones (excluding diaryl/α,β-unsaturated/α-hetero) is 1. The second-order valence-electron chi connectivity index (χ2n) is 4.92. The molecule has 4 nitrogen and oxygen atoms in total. The molecule has 3 rings (SSSR count). The minimum atomic E-state index is -0.639. The minimum Gasteiger partial charge on any atom is -0.497 e. The number of nitrogens with one attached hydrogen (secondary N) is 1. The maximum absolute atomic E-state index is 12.1. The summed E-state index contributed by atoms with van der Waals surface area (Å²) in [4.78, 5) is 12.1. The summed E-state index contributed by atoms with van der Waals surface area (Å²) >= 11 is 0. The van der Waals surface area contributed by atoms with Gasteiger partial charge in [0.2, 0.25) is 0 Å². The van der Waals surface area contributed by atoms with Crippen molar-refractivity contribution in [2.45, 2.75) is 24.9 Å². The van der Waals surface area contributed by atoms with Gasteiger partial charge in [0, 0.05) is 19.5 Å². The van der Waals surface area contributed by atoms with Crippen molar-refractivity contribution in [3.8, 4) is 11.5 Å². The molecule has 1 aromatic carbocycles. The standard InChI is InChI=1S/C14H17NO3/c1-17-11-2-3-12-10(8-11)4-6-14(18-12)9-15-7-5-13(14)16/h2-3,8,15H,4-7,9H2,1H3. The molecule has 0 radical (unpaired) electrons. The van der Waals surface area contributed by atoms with Gasteiger partial charge in [0.1, 0.15) is 11.5 Å². The smallest absolute Gasteiger partial charge is 0.179 e. The fraction of sp³-hybridized carbons (Fsp3) is 0.500. The number of carbonyl (C=O) groups is 1. The summed E-state index contributed by atoms with van der Waals surface area (Å²) in [5.41, 5.74) is 0.484. The van der Waals surface area contributed by atoms with E-state index in [1.807, 2.05) is 18.2 Å². The Morgan fingerprint density at radius 3 is 3.06 bits per heavy atom. The van der Waals surface area contributed by atoms with Crippen molar-refractivity contribution in [2.24, 2.45) is 0 Å². The molecular weight excluding hydrogens is 230 g/mol. The maximum atomic E-state index is 12.1. The highest BCUT2D eigenvalue weighted by Gasteiger charge is 2.44. The van der Waals surface area contributed by atoms with Gasteiger partial charge in [-0.3, -0.25) is 4.79 Å². The molecule has 1 aromatic rings. The number of methoxy groups -OCH3 is 1. The van der Waals surface area contributed by atoms with Crippen LogP contribution < -0.4 is 14.8 Å². The first-order valence-electron chi connectivity index (χ1n) is 6.33. The summed E-state index contributed by atoms with van der Waals surface area (Å²) in [6, 6.07) is 5.76. The van der Waals surface area contributed by atoms with Crippen LogP contribution in [0.4, 0.5) is 0 Å². The van der Waals surface area contributed by atoms with Crippen molar-refractivity contribution in [1.82, 2.24) is 5.32 Å². The molecule has 1 spiro atoms. The van der Waals surface area contributed by atoms with E-state index in [1.54, 1.807) is 7.11 Å². The molecule has 0 aliphatic carbocycles. The number of carbonyl (C=O) groups excluding carboxylic acids is 1. The van der Waals surface area contributed by atoms with Crippen LogP contribution in [0.2, 0.25) is 0 Å². The molecule has 4 heteroatoms. The van der Waals surface area contributed by atoms with Gasteiger partial charge in [0.15, 0.2) is 11.4 Å². The number of benzene rings is 1. The third-order valence-electron chi connectivity index (χ3n) is 3.82. The average molecular weight is 247 g/mol. The van der Waals surface area contributed by atoms with Gasteiger partial charge in [-0.2, -0.15) is 0 Å².